The molecule has 0 bridgehead atoms. The first-order valence-corrected chi connectivity index (χ1v) is 6.32. The van der Waals surface area contributed by atoms with E-state index in [2.05, 4.69) is 29.0 Å². The molecule has 0 aliphatic rings. The quantitative estimate of drug-likeness (QED) is 0.775. The van der Waals surface area contributed by atoms with E-state index in [1.54, 1.807) is 0 Å². The molecule has 2 aromatic rings. The Morgan fingerprint density at radius 2 is 1.89 bits per heavy atom. The largest absolute Gasteiger partial charge is 0.439 e. The van der Waals surface area contributed by atoms with Crippen LogP contribution in [0.25, 0.3) is 0 Å². The van der Waals surface area contributed by atoms with Crippen molar-refractivity contribution in [1.29, 1.82) is 0 Å². The number of hydrogen-bond donors (Lipinski definition) is 0. The molecule has 0 saturated carbocycles. The Hall–Kier alpha value is -1.61. The van der Waals surface area contributed by atoms with Crippen molar-refractivity contribution in [3.8, 4) is 11.6 Å². The van der Waals surface area contributed by atoms with Crippen molar-refractivity contribution in [2.45, 2.75) is 26.7 Å². The van der Waals surface area contributed by atoms with E-state index in [0.29, 0.717) is 11.0 Å². The van der Waals surface area contributed by atoms with Crippen molar-refractivity contribution < 1.29 is 4.74 Å². The third kappa shape index (κ3) is 2.99. The van der Waals surface area contributed by atoms with Gasteiger partial charge in [-0.05, 0) is 31.0 Å². The van der Waals surface area contributed by atoms with Gasteiger partial charge in [-0.15, -0.1) is 0 Å². The lowest BCUT2D eigenvalue weighted by atomic mass is 10.1. The fourth-order valence-electron chi connectivity index (χ4n) is 1.64. The summed E-state index contributed by atoms with van der Waals surface area (Å²) in [5.74, 6) is 1.26. The number of aromatic nitrogens is 2. The lowest BCUT2D eigenvalue weighted by Crippen LogP contribution is -1.94. The minimum atomic E-state index is 0.419. The molecule has 1 heterocycles. The maximum absolute atomic E-state index is 5.92. The predicted molar refractivity (Wildman–Crippen MR) is 72.3 cm³/mol. The van der Waals surface area contributed by atoms with Gasteiger partial charge in [0.05, 0.1) is 0 Å². The maximum atomic E-state index is 5.92. The Balaban J connectivity index is 2.16. The summed E-state index contributed by atoms with van der Waals surface area (Å²) in [5.41, 5.74) is 2.05. The molecule has 18 heavy (non-hydrogen) atoms. The number of nitrogens with zero attached hydrogens (tertiary/aromatic N) is 2. The van der Waals surface area contributed by atoms with E-state index >= 15 is 0 Å². The van der Waals surface area contributed by atoms with Crippen molar-refractivity contribution in [3.05, 3.63) is 46.9 Å². The van der Waals surface area contributed by atoms with Gasteiger partial charge in [0.1, 0.15) is 17.2 Å². The Bertz CT molecular complexity index is 526. The van der Waals surface area contributed by atoms with Gasteiger partial charge in [0.15, 0.2) is 0 Å². The number of rotatable bonds is 4. The summed E-state index contributed by atoms with van der Waals surface area (Å²) >= 11 is 5.92. The van der Waals surface area contributed by atoms with Gasteiger partial charge < -0.3 is 4.74 Å². The highest BCUT2D eigenvalue weighted by Gasteiger charge is 2.07. The van der Waals surface area contributed by atoms with Gasteiger partial charge in [0, 0.05) is 5.56 Å². The van der Waals surface area contributed by atoms with E-state index in [1.807, 2.05) is 19.1 Å². The molecule has 94 valence electrons. The summed E-state index contributed by atoms with van der Waals surface area (Å²) in [7, 11) is 0. The predicted octanol–water partition coefficient (Wildman–Crippen LogP) is 4.18. The van der Waals surface area contributed by atoms with Crippen LogP contribution in [0.15, 0.2) is 30.6 Å². The van der Waals surface area contributed by atoms with Crippen LogP contribution in [0.3, 0.4) is 0 Å². The average molecular weight is 263 g/mol. The number of benzene rings is 1. The number of aryl methyl sites for hydroxylation is 1. The molecule has 0 aliphatic carbocycles. The Morgan fingerprint density at radius 1 is 1.17 bits per heavy atom. The van der Waals surface area contributed by atoms with E-state index < -0.39 is 0 Å². The zero-order valence-corrected chi connectivity index (χ0v) is 11.2. The van der Waals surface area contributed by atoms with Gasteiger partial charge in [-0.25, -0.2) is 9.97 Å². The van der Waals surface area contributed by atoms with E-state index in [4.69, 9.17) is 16.3 Å². The van der Waals surface area contributed by atoms with Crippen molar-refractivity contribution in [2.75, 3.05) is 0 Å². The second kappa shape index (κ2) is 5.83. The Morgan fingerprint density at radius 3 is 2.56 bits per heavy atom. The molecule has 0 amide bonds. The van der Waals surface area contributed by atoms with Crippen LogP contribution in [0.4, 0.5) is 0 Å². The standard InChI is InChI=1S/C14H15ClN2O/c1-3-4-11-5-7-12(8-6-11)18-14-10(2)13(15)16-9-17-14/h5-9H,3-4H2,1-2H3. The summed E-state index contributed by atoms with van der Waals surface area (Å²) in [6.07, 6.45) is 3.62. The molecule has 4 heteroatoms. The van der Waals surface area contributed by atoms with E-state index in [1.165, 1.54) is 11.9 Å². The molecule has 1 aromatic carbocycles. The van der Waals surface area contributed by atoms with Gasteiger partial charge in [-0.3, -0.25) is 0 Å². The van der Waals surface area contributed by atoms with Crippen LogP contribution in [0.1, 0.15) is 24.5 Å². The molecule has 0 atom stereocenters. The first-order chi connectivity index (χ1) is 8.70. The van der Waals surface area contributed by atoms with Crippen molar-refractivity contribution in [1.82, 2.24) is 9.97 Å². The minimum Gasteiger partial charge on any atom is -0.439 e. The summed E-state index contributed by atoms with van der Waals surface area (Å²) in [6.45, 7) is 4.00. The van der Waals surface area contributed by atoms with Crippen molar-refractivity contribution in [2.24, 2.45) is 0 Å². The third-order valence-corrected chi connectivity index (χ3v) is 3.03. The smallest absolute Gasteiger partial charge is 0.226 e. The van der Waals surface area contributed by atoms with Gasteiger partial charge in [-0.1, -0.05) is 37.1 Å². The summed E-state index contributed by atoms with van der Waals surface area (Å²) in [6, 6.07) is 8.02. The fourth-order valence-corrected chi connectivity index (χ4v) is 1.77. The number of halogens is 1. The van der Waals surface area contributed by atoms with Gasteiger partial charge in [0.25, 0.3) is 0 Å². The van der Waals surface area contributed by atoms with Gasteiger partial charge in [-0.2, -0.15) is 0 Å². The van der Waals surface area contributed by atoms with Crippen LogP contribution < -0.4 is 4.74 Å². The van der Waals surface area contributed by atoms with Gasteiger partial charge >= 0.3 is 0 Å². The first-order valence-electron chi connectivity index (χ1n) is 5.94. The lowest BCUT2D eigenvalue weighted by molar-refractivity contribution is 0.457. The number of ether oxygens (including phenoxy) is 1. The minimum absolute atomic E-state index is 0.419. The second-order valence-corrected chi connectivity index (χ2v) is 4.45. The third-order valence-electron chi connectivity index (χ3n) is 2.65. The SMILES string of the molecule is CCCc1ccc(Oc2ncnc(Cl)c2C)cc1. The highest BCUT2D eigenvalue weighted by atomic mass is 35.5. The summed E-state index contributed by atoms with van der Waals surface area (Å²) < 4.78 is 5.69. The normalized spacial score (nSPS) is 10.4. The van der Waals surface area contributed by atoms with Crippen LogP contribution in [0.2, 0.25) is 5.15 Å². The molecule has 0 unspecified atom stereocenters. The van der Waals surface area contributed by atoms with Crippen LogP contribution in [0.5, 0.6) is 11.6 Å². The monoisotopic (exact) mass is 262 g/mol. The molecular formula is C14H15ClN2O. The second-order valence-electron chi connectivity index (χ2n) is 4.09. The maximum Gasteiger partial charge on any atom is 0.226 e. The highest BCUT2D eigenvalue weighted by molar-refractivity contribution is 6.30. The summed E-state index contributed by atoms with van der Waals surface area (Å²) in [5, 5.41) is 0.419. The van der Waals surface area contributed by atoms with Crippen LogP contribution in [0, 0.1) is 6.92 Å². The molecule has 2 rings (SSSR count). The zero-order valence-electron chi connectivity index (χ0n) is 10.5. The molecule has 1 aromatic heterocycles. The Kier molecular flexibility index (Phi) is 4.15. The van der Waals surface area contributed by atoms with Crippen molar-refractivity contribution >= 4 is 11.6 Å². The van der Waals surface area contributed by atoms with Gasteiger partial charge in [0.2, 0.25) is 5.88 Å². The average Bonchev–Trinajstić information content (AvgIpc) is 2.38. The molecule has 0 aliphatic heterocycles. The van der Waals surface area contributed by atoms with E-state index in [-0.39, 0.29) is 0 Å². The first kappa shape index (κ1) is 12.8. The fraction of sp³-hybridized carbons (Fsp3) is 0.286. The molecule has 0 spiro atoms. The van der Waals surface area contributed by atoms with E-state index in [0.717, 1.165) is 24.2 Å². The summed E-state index contributed by atoms with van der Waals surface area (Å²) in [4.78, 5) is 7.97. The molecular weight excluding hydrogens is 248 g/mol. The van der Waals surface area contributed by atoms with Crippen molar-refractivity contribution in [3.63, 3.8) is 0 Å². The highest BCUT2D eigenvalue weighted by Crippen LogP contribution is 2.26. The topological polar surface area (TPSA) is 35.0 Å². The van der Waals surface area contributed by atoms with Crippen LogP contribution in [-0.4, -0.2) is 9.97 Å². The molecule has 0 radical (unpaired) electrons. The molecule has 0 fully saturated rings. The molecule has 0 saturated heterocycles. The molecule has 3 nitrogen and oxygen atoms in total. The number of hydrogen-bond acceptors (Lipinski definition) is 3. The zero-order chi connectivity index (χ0) is 13.0. The van der Waals surface area contributed by atoms with Crippen LogP contribution >= 0.6 is 11.6 Å². The van der Waals surface area contributed by atoms with E-state index in [9.17, 15) is 0 Å². The Labute approximate surface area is 112 Å². The lowest BCUT2D eigenvalue weighted by Gasteiger charge is -2.08. The molecule has 0 N–H and O–H groups in total. The van der Waals surface area contributed by atoms with Crippen LogP contribution in [-0.2, 0) is 6.42 Å².